The molecule has 0 aromatic heterocycles. The predicted molar refractivity (Wildman–Crippen MR) is 66.8 cm³/mol. The topological polar surface area (TPSA) is 21.3 Å². The van der Waals surface area contributed by atoms with Crippen molar-refractivity contribution in [3.63, 3.8) is 0 Å². The molecule has 84 valence electrons. The number of nitrogens with one attached hydrogen (secondary N) is 1. The first-order valence-electron chi connectivity index (χ1n) is 5.15. The lowest BCUT2D eigenvalue weighted by atomic mass is 10.3. The minimum absolute atomic E-state index is 0.511. The third-order valence-electron chi connectivity index (χ3n) is 2.54. The summed E-state index contributed by atoms with van der Waals surface area (Å²) in [6.07, 6.45) is 0. The van der Waals surface area contributed by atoms with Gasteiger partial charge in [0.05, 0.1) is 7.11 Å². The maximum Gasteiger partial charge on any atom is 0.118 e. The molecule has 15 heavy (non-hydrogen) atoms. The number of thioether (sulfide) groups is 1. The maximum atomic E-state index is 5.12. The van der Waals surface area contributed by atoms with Crippen LogP contribution in [0.1, 0.15) is 13.8 Å². The quantitative estimate of drug-likeness (QED) is 0.779. The zero-order valence-corrected chi connectivity index (χ0v) is 10.6. The van der Waals surface area contributed by atoms with E-state index in [0.717, 1.165) is 5.75 Å². The number of ether oxygens (including phenoxy) is 1. The summed E-state index contributed by atoms with van der Waals surface area (Å²) in [5, 5.41) is 3.82. The van der Waals surface area contributed by atoms with Gasteiger partial charge >= 0.3 is 0 Å². The van der Waals surface area contributed by atoms with E-state index in [9.17, 15) is 0 Å². The van der Waals surface area contributed by atoms with Crippen molar-refractivity contribution >= 4 is 11.8 Å². The van der Waals surface area contributed by atoms with Gasteiger partial charge in [0.1, 0.15) is 5.75 Å². The van der Waals surface area contributed by atoms with Crippen molar-refractivity contribution in [2.24, 2.45) is 0 Å². The van der Waals surface area contributed by atoms with Crippen molar-refractivity contribution in [1.29, 1.82) is 0 Å². The minimum Gasteiger partial charge on any atom is -0.497 e. The van der Waals surface area contributed by atoms with Crippen LogP contribution in [0.4, 0.5) is 0 Å². The second-order valence-electron chi connectivity index (χ2n) is 3.58. The molecule has 0 radical (unpaired) electrons. The van der Waals surface area contributed by atoms with Crippen LogP contribution in [0, 0.1) is 0 Å². The van der Waals surface area contributed by atoms with Crippen LogP contribution in [0.2, 0.25) is 0 Å². The monoisotopic (exact) mass is 225 g/mol. The highest BCUT2D eigenvalue weighted by Crippen LogP contribution is 2.26. The highest BCUT2D eigenvalue weighted by atomic mass is 32.2. The van der Waals surface area contributed by atoms with Crippen LogP contribution in [-0.4, -0.2) is 25.4 Å². The van der Waals surface area contributed by atoms with Crippen molar-refractivity contribution in [3.05, 3.63) is 24.3 Å². The van der Waals surface area contributed by atoms with Crippen molar-refractivity contribution in [2.45, 2.75) is 30.0 Å². The zero-order chi connectivity index (χ0) is 11.3. The van der Waals surface area contributed by atoms with Crippen LogP contribution in [0.25, 0.3) is 0 Å². The van der Waals surface area contributed by atoms with E-state index in [1.807, 2.05) is 30.9 Å². The molecule has 1 rings (SSSR count). The molecule has 0 aliphatic rings. The molecule has 2 unspecified atom stereocenters. The van der Waals surface area contributed by atoms with E-state index in [1.165, 1.54) is 4.90 Å². The first-order chi connectivity index (χ1) is 7.17. The van der Waals surface area contributed by atoms with Gasteiger partial charge in [0.2, 0.25) is 0 Å². The first-order valence-corrected chi connectivity index (χ1v) is 6.03. The van der Waals surface area contributed by atoms with Crippen molar-refractivity contribution in [1.82, 2.24) is 5.32 Å². The van der Waals surface area contributed by atoms with E-state index >= 15 is 0 Å². The SMILES string of the molecule is CNC(C)C(C)Sc1ccc(OC)cc1. The van der Waals surface area contributed by atoms with Gasteiger partial charge in [0, 0.05) is 16.2 Å². The summed E-state index contributed by atoms with van der Waals surface area (Å²) in [7, 11) is 3.68. The summed E-state index contributed by atoms with van der Waals surface area (Å²) < 4.78 is 5.12. The van der Waals surface area contributed by atoms with Crippen LogP contribution in [-0.2, 0) is 0 Å². The first kappa shape index (κ1) is 12.4. The normalized spacial score (nSPS) is 14.7. The van der Waals surface area contributed by atoms with Gasteiger partial charge in [0.25, 0.3) is 0 Å². The number of hydrogen-bond acceptors (Lipinski definition) is 3. The van der Waals surface area contributed by atoms with Gasteiger partial charge in [-0.05, 0) is 38.2 Å². The number of methoxy groups -OCH3 is 1. The molecule has 1 aromatic rings. The fraction of sp³-hybridized carbons (Fsp3) is 0.500. The Bertz CT molecular complexity index is 286. The van der Waals surface area contributed by atoms with Gasteiger partial charge in [-0.2, -0.15) is 0 Å². The Morgan fingerprint density at radius 3 is 2.27 bits per heavy atom. The van der Waals surface area contributed by atoms with Gasteiger partial charge < -0.3 is 10.1 Å². The maximum absolute atomic E-state index is 5.12. The summed E-state index contributed by atoms with van der Waals surface area (Å²) in [5.74, 6) is 0.911. The number of hydrogen-bond donors (Lipinski definition) is 1. The van der Waals surface area contributed by atoms with Gasteiger partial charge in [-0.3, -0.25) is 0 Å². The molecule has 0 saturated heterocycles. The summed E-state index contributed by atoms with van der Waals surface area (Å²) in [6, 6.07) is 8.71. The van der Waals surface area contributed by atoms with Crippen LogP contribution >= 0.6 is 11.8 Å². The standard InChI is InChI=1S/C12H19NOS/c1-9(13-3)10(2)15-12-7-5-11(14-4)6-8-12/h5-10,13H,1-4H3. The smallest absolute Gasteiger partial charge is 0.118 e. The number of rotatable bonds is 5. The molecule has 0 fully saturated rings. The Kier molecular flexibility index (Phi) is 4.99. The molecule has 2 nitrogen and oxygen atoms in total. The minimum atomic E-state index is 0.511. The second-order valence-corrected chi connectivity index (χ2v) is 5.03. The number of benzene rings is 1. The lowest BCUT2D eigenvalue weighted by Crippen LogP contribution is -2.30. The fourth-order valence-corrected chi connectivity index (χ4v) is 2.27. The van der Waals surface area contributed by atoms with E-state index in [4.69, 9.17) is 4.74 Å². The lowest BCUT2D eigenvalue weighted by Gasteiger charge is -2.18. The third-order valence-corrected chi connectivity index (χ3v) is 3.87. The molecule has 1 aromatic carbocycles. The summed E-state index contributed by atoms with van der Waals surface area (Å²) >= 11 is 1.88. The molecular weight excluding hydrogens is 206 g/mol. The summed E-state index contributed by atoms with van der Waals surface area (Å²) in [6.45, 7) is 4.43. The van der Waals surface area contributed by atoms with E-state index in [2.05, 4.69) is 31.3 Å². The molecule has 0 bridgehead atoms. The molecule has 0 saturated carbocycles. The third kappa shape index (κ3) is 3.76. The van der Waals surface area contributed by atoms with Gasteiger partial charge in [0.15, 0.2) is 0 Å². The Hall–Kier alpha value is -0.670. The summed E-state index contributed by atoms with van der Waals surface area (Å²) in [5.41, 5.74) is 0. The lowest BCUT2D eigenvalue weighted by molar-refractivity contribution is 0.414. The van der Waals surface area contributed by atoms with Crippen molar-refractivity contribution in [3.8, 4) is 5.75 Å². The Labute approximate surface area is 96.4 Å². The predicted octanol–water partition coefficient (Wildman–Crippen LogP) is 2.78. The van der Waals surface area contributed by atoms with Crippen LogP contribution in [0.5, 0.6) is 5.75 Å². The molecule has 0 heterocycles. The highest BCUT2D eigenvalue weighted by Gasteiger charge is 2.10. The van der Waals surface area contributed by atoms with Gasteiger partial charge in [-0.25, -0.2) is 0 Å². The average Bonchev–Trinajstić information content (AvgIpc) is 2.29. The van der Waals surface area contributed by atoms with Gasteiger partial charge in [-0.1, -0.05) is 6.92 Å². The Morgan fingerprint density at radius 2 is 1.80 bits per heavy atom. The largest absolute Gasteiger partial charge is 0.497 e. The Morgan fingerprint density at radius 1 is 1.20 bits per heavy atom. The molecule has 1 N–H and O–H groups in total. The van der Waals surface area contributed by atoms with Crippen molar-refractivity contribution < 1.29 is 4.74 Å². The van der Waals surface area contributed by atoms with Crippen LogP contribution < -0.4 is 10.1 Å². The molecule has 0 aliphatic heterocycles. The molecule has 2 atom stereocenters. The van der Waals surface area contributed by atoms with Crippen molar-refractivity contribution in [2.75, 3.05) is 14.2 Å². The molecule has 0 amide bonds. The molecule has 0 spiro atoms. The zero-order valence-electron chi connectivity index (χ0n) is 9.78. The highest BCUT2D eigenvalue weighted by molar-refractivity contribution is 8.00. The van der Waals surface area contributed by atoms with Gasteiger partial charge in [-0.15, -0.1) is 11.8 Å². The molecule has 3 heteroatoms. The van der Waals surface area contributed by atoms with E-state index in [0.29, 0.717) is 11.3 Å². The van der Waals surface area contributed by atoms with E-state index in [1.54, 1.807) is 7.11 Å². The van der Waals surface area contributed by atoms with Crippen LogP contribution in [0.15, 0.2) is 29.2 Å². The van der Waals surface area contributed by atoms with E-state index < -0.39 is 0 Å². The second kappa shape index (κ2) is 6.03. The fourth-order valence-electron chi connectivity index (χ4n) is 1.21. The average molecular weight is 225 g/mol. The Balaban J connectivity index is 2.57. The molecule has 0 aliphatic carbocycles. The molecular formula is C12H19NOS. The van der Waals surface area contributed by atoms with Crippen LogP contribution in [0.3, 0.4) is 0 Å². The summed E-state index contributed by atoms with van der Waals surface area (Å²) in [4.78, 5) is 1.28. The van der Waals surface area contributed by atoms with E-state index in [-0.39, 0.29) is 0 Å².